The van der Waals surface area contributed by atoms with Crippen molar-refractivity contribution in [2.24, 2.45) is 11.7 Å². The molecule has 3 nitrogen and oxygen atoms in total. The van der Waals surface area contributed by atoms with Crippen LogP contribution in [-0.2, 0) is 0 Å². The molecule has 5 heteroatoms. The fourth-order valence-corrected chi connectivity index (χ4v) is 5.95. The zero-order chi connectivity index (χ0) is 14.4. The summed E-state index contributed by atoms with van der Waals surface area (Å²) in [7, 11) is 0. The number of para-hydroxylation sites is 1. The average Bonchev–Trinajstić information content (AvgIpc) is 3.05. The Kier molecular flexibility index (Phi) is 3.44. The average molecular weight is 317 g/mol. The molecule has 0 aliphatic carbocycles. The summed E-state index contributed by atoms with van der Waals surface area (Å²) in [6.45, 7) is 5.71. The van der Waals surface area contributed by atoms with Gasteiger partial charge in [-0.3, -0.25) is 0 Å². The molecule has 0 spiro atoms. The van der Waals surface area contributed by atoms with Gasteiger partial charge in [0.1, 0.15) is 5.01 Å². The van der Waals surface area contributed by atoms with Crippen molar-refractivity contribution >= 4 is 38.9 Å². The molecule has 0 radical (unpaired) electrons. The molecule has 1 aromatic heterocycles. The Morgan fingerprint density at radius 3 is 3.05 bits per heavy atom. The first-order valence-corrected chi connectivity index (χ1v) is 9.20. The second kappa shape index (κ2) is 5.30. The van der Waals surface area contributed by atoms with E-state index < -0.39 is 0 Å². The number of piperidine rings is 1. The lowest BCUT2D eigenvalue weighted by Crippen LogP contribution is -2.40. The molecule has 3 heterocycles. The first-order valence-electron chi connectivity index (χ1n) is 7.51. The van der Waals surface area contributed by atoms with Crippen molar-refractivity contribution in [2.75, 3.05) is 19.6 Å². The summed E-state index contributed by atoms with van der Waals surface area (Å²) >= 11 is 3.65. The number of thiazole rings is 1. The third-order valence-corrected chi connectivity index (χ3v) is 6.85. The van der Waals surface area contributed by atoms with E-state index in [1.807, 2.05) is 11.8 Å². The number of hydrogen-bond donors (Lipinski definition) is 1. The van der Waals surface area contributed by atoms with Crippen LogP contribution in [0.5, 0.6) is 0 Å². The third-order valence-electron chi connectivity index (χ3n) is 4.53. The summed E-state index contributed by atoms with van der Waals surface area (Å²) in [5.41, 5.74) is 8.79. The number of nitrogens with zero attached hydrogens (tertiary/aromatic N) is 2. The number of allylic oxidation sites excluding steroid dienone is 1. The van der Waals surface area contributed by atoms with Gasteiger partial charge in [0.25, 0.3) is 0 Å². The van der Waals surface area contributed by atoms with Crippen LogP contribution in [0.25, 0.3) is 15.8 Å². The molecule has 0 bridgehead atoms. The molecule has 2 aliphatic rings. The number of fused-ring (bicyclic) bond motifs is 2. The van der Waals surface area contributed by atoms with E-state index in [1.165, 1.54) is 23.2 Å². The summed E-state index contributed by atoms with van der Waals surface area (Å²) in [5.74, 6) is 0.582. The number of thioether (sulfide) groups is 1. The van der Waals surface area contributed by atoms with Crippen LogP contribution in [0.3, 0.4) is 0 Å². The van der Waals surface area contributed by atoms with Gasteiger partial charge in [-0.1, -0.05) is 19.1 Å². The van der Waals surface area contributed by atoms with Crippen molar-refractivity contribution in [1.29, 1.82) is 0 Å². The van der Waals surface area contributed by atoms with E-state index in [4.69, 9.17) is 10.7 Å². The number of aromatic nitrogens is 1. The van der Waals surface area contributed by atoms with Gasteiger partial charge in [-0.25, -0.2) is 4.98 Å². The van der Waals surface area contributed by atoms with Crippen LogP contribution in [0, 0.1) is 5.92 Å². The number of rotatable bonds is 2. The van der Waals surface area contributed by atoms with Crippen LogP contribution in [-0.4, -0.2) is 34.8 Å². The van der Waals surface area contributed by atoms with Crippen LogP contribution in [0.15, 0.2) is 29.3 Å². The van der Waals surface area contributed by atoms with E-state index in [-0.39, 0.29) is 0 Å². The lowest BCUT2D eigenvalue weighted by atomic mass is 9.89. The molecule has 2 aromatic rings. The Balaban J connectivity index is 1.69. The topological polar surface area (TPSA) is 42.2 Å². The predicted octanol–water partition coefficient (Wildman–Crippen LogP) is 3.38. The molecule has 2 N–H and O–H groups in total. The van der Waals surface area contributed by atoms with E-state index >= 15 is 0 Å². The molecule has 0 amide bonds. The molecule has 1 saturated heterocycles. The summed E-state index contributed by atoms with van der Waals surface area (Å²) < 4.78 is 1.26. The summed E-state index contributed by atoms with van der Waals surface area (Å²) in [6, 6.07) is 8.36. The molecule has 2 atom stereocenters. The van der Waals surface area contributed by atoms with Crippen molar-refractivity contribution in [3.05, 3.63) is 34.3 Å². The monoisotopic (exact) mass is 317 g/mol. The summed E-state index contributed by atoms with van der Waals surface area (Å²) in [6.07, 6.45) is 1.21. The first kappa shape index (κ1) is 13.6. The maximum atomic E-state index is 6.37. The predicted molar refractivity (Wildman–Crippen MR) is 92.3 cm³/mol. The van der Waals surface area contributed by atoms with Gasteiger partial charge in [0.15, 0.2) is 0 Å². The number of likely N-dealkylation sites (tertiary alicyclic amines) is 1. The Hall–Kier alpha value is -1.04. The molecule has 21 heavy (non-hydrogen) atoms. The lowest BCUT2D eigenvalue weighted by Gasteiger charge is -2.34. The van der Waals surface area contributed by atoms with Gasteiger partial charge in [0.2, 0.25) is 0 Å². The fraction of sp³-hybridized carbons (Fsp3) is 0.438. The van der Waals surface area contributed by atoms with Crippen LogP contribution in [0.2, 0.25) is 0 Å². The van der Waals surface area contributed by atoms with Gasteiger partial charge >= 0.3 is 0 Å². The van der Waals surface area contributed by atoms with Crippen LogP contribution >= 0.6 is 23.1 Å². The van der Waals surface area contributed by atoms with Crippen molar-refractivity contribution in [1.82, 2.24) is 9.88 Å². The summed E-state index contributed by atoms with van der Waals surface area (Å²) in [4.78, 5) is 7.36. The van der Waals surface area contributed by atoms with Crippen molar-refractivity contribution in [2.45, 2.75) is 18.6 Å². The standard InChI is InChI=1S/C16H19N3S2/c1-2-19-8-7-10-13(9-19)20-15(17)14(10)16-18-11-5-3-4-6-12(11)21-16/h3-6,10,13H,2,7-9,17H2,1H3. The van der Waals surface area contributed by atoms with Crippen molar-refractivity contribution in [3.63, 3.8) is 0 Å². The Labute approximate surface area is 133 Å². The van der Waals surface area contributed by atoms with Gasteiger partial charge < -0.3 is 10.6 Å². The molecule has 0 saturated carbocycles. The maximum absolute atomic E-state index is 6.37. The highest BCUT2D eigenvalue weighted by Gasteiger charge is 2.40. The molecule has 2 unspecified atom stereocenters. The van der Waals surface area contributed by atoms with E-state index in [9.17, 15) is 0 Å². The van der Waals surface area contributed by atoms with Crippen LogP contribution < -0.4 is 5.73 Å². The number of nitrogens with two attached hydrogens (primary N) is 1. The normalized spacial score (nSPS) is 26.5. The van der Waals surface area contributed by atoms with Gasteiger partial charge in [0.05, 0.1) is 15.2 Å². The smallest absolute Gasteiger partial charge is 0.123 e. The lowest BCUT2D eigenvalue weighted by molar-refractivity contribution is 0.224. The first-order chi connectivity index (χ1) is 10.3. The number of benzene rings is 1. The Morgan fingerprint density at radius 1 is 1.38 bits per heavy atom. The Morgan fingerprint density at radius 2 is 2.24 bits per heavy atom. The molecular formula is C16H19N3S2. The van der Waals surface area contributed by atoms with Gasteiger partial charge in [-0.2, -0.15) is 0 Å². The van der Waals surface area contributed by atoms with E-state index in [1.54, 1.807) is 11.3 Å². The van der Waals surface area contributed by atoms with Crippen molar-refractivity contribution < 1.29 is 0 Å². The van der Waals surface area contributed by atoms with Crippen LogP contribution in [0.1, 0.15) is 18.4 Å². The summed E-state index contributed by atoms with van der Waals surface area (Å²) in [5, 5.41) is 2.75. The van der Waals surface area contributed by atoms with E-state index in [0.29, 0.717) is 11.2 Å². The second-order valence-corrected chi connectivity index (χ2v) is 8.02. The minimum atomic E-state index is 0.582. The second-order valence-electron chi connectivity index (χ2n) is 5.71. The quantitative estimate of drug-likeness (QED) is 0.922. The van der Waals surface area contributed by atoms with Crippen molar-refractivity contribution in [3.8, 4) is 0 Å². The molecule has 4 rings (SSSR count). The molecular weight excluding hydrogens is 298 g/mol. The zero-order valence-electron chi connectivity index (χ0n) is 12.1. The Bertz CT molecular complexity index is 673. The number of hydrogen-bond acceptors (Lipinski definition) is 5. The van der Waals surface area contributed by atoms with Gasteiger partial charge in [-0.05, 0) is 31.6 Å². The van der Waals surface area contributed by atoms with Gasteiger partial charge in [-0.15, -0.1) is 23.1 Å². The fourth-order valence-electron chi connectivity index (χ4n) is 3.38. The largest absolute Gasteiger partial charge is 0.393 e. The minimum Gasteiger partial charge on any atom is -0.393 e. The SMILES string of the molecule is CCN1CCC2C(c3nc4ccccc4s3)=C(N)SC2C1. The van der Waals surface area contributed by atoms with Gasteiger partial charge in [0, 0.05) is 23.3 Å². The minimum absolute atomic E-state index is 0.582. The molecule has 110 valence electrons. The highest BCUT2D eigenvalue weighted by atomic mass is 32.2. The highest BCUT2D eigenvalue weighted by molar-refractivity contribution is 8.04. The molecule has 2 aliphatic heterocycles. The third kappa shape index (κ3) is 2.28. The highest BCUT2D eigenvalue weighted by Crippen LogP contribution is 2.49. The van der Waals surface area contributed by atoms with Crippen LogP contribution in [0.4, 0.5) is 0 Å². The molecule has 1 aromatic carbocycles. The van der Waals surface area contributed by atoms with E-state index in [0.717, 1.165) is 28.6 Å². The zero-order valence-corrected chi connectivity index (χ0v) is 13.7. The maximum Gasteiger partial charge on any atom is 0.123 e. The van der Waals surface area contributed by atoms with E-state index in [2.05, 4.69) is 36.1 Å². The molecule has 1 fully saturated rings.